The van der Waals surface area contributed by atoms with Crippen LogP contribution in [0.25, 0.3) is 0 Å². The van der Waals surface area contributed by atoms with Gasteiger partial charge in [0.1, 0.15) is 6.04 Å². The van der Waals surface area contributed by atoms with E-state index in [0.29, 0.717) is 11.3 Å². The number of benzene rings is 1. The third-order valence-corrected chi connectivity index (χ3v) is 4.57. The first-order valence-corrected chi connectivity index (χ1v) is 7.78. The third kappa shape index (κ3) is 2.68. The van der Waals surface area contributed by atoms with E-state index < -0.39 is 17.0 Å². The van der Waals surface area contributed by atoms with Gasteiger partial charge in [-0.05, 0) is 24.6 Å². The van der Waals surface area contributed by atoms with Crippen molar-refractivity contribution >= 4 is 34.0 Å². The molecule has 0 spiro atoms. The predicted octanol–water partition coefficient (Wildman–Crippen LogP) is 3.01. The van der Waals surface area contributed by atoms with Crippen molar-refractivity contribution in [2.75, 3.05) is 4.90 Å². The maximum atomic E-state index is 12.6. The molecule has 1 atom stereocenters. The van der Waals surface area contributed by atoms with Crippen molar-refractivity contribution in [3.63, 3.8) is 0 Å². The summed E-state index contributed by atoms with van der Waals surface area (Å²) in [5, 5.41) is 12.3. The van der Waals surface area contributed by atoms with Gasteiger partial charge < -0.3 is 0 Å². The molecule has 1 fully saturated rings. The lowest BCUT2D eigenvalue weighted by Crippen LogP contribution is -2.33. The summed E-state index contributed by atoms with van der Waals surface area (Å²) < 4.78 is 0. The molecule has 2 heterocycles. The van der Waals surface area contributed by atoms with Crippen LogP contribution in [0.3, 0.4) is 0 Å². The summed E-state index contributed by atoms with van der Waals surface area (Å²) in [5.74, 6) is -0.312. The van der Waals surface area contributed by atoms with E-state index in [9.17, 15) is 19.7 Å². The van der Waals surface area contributed by atoms with Crippen LogP contribution in [-0.2, 0) is 11.3 Å². The molecule has 1 aromatic carbocycles. The summed E-state index contributed by atoms with van der Waals surface area (Å²) >= 11 is 0.979. The highest BCUT2D eigenvalue weighted by molar-refractivity contribution is 7.13. The van der Waals surface area contributed by atoms with Gasteiger partial charge in [0, 0.05) is 17.1 Å². The lowest BCUT2D eigenvalue weighted by Gasteiger charge is -2.19. The molecule has 7 nitrogen and oxygen atoms in total. The summed E-state index contributed by atoms with van der Waals surface area (Å²) in [4.78, 5) is 37.8. The molecule has 3 amide bonds. The second-order valence-electron chi connectivity index (χ2n) is 5.14. The topological polar surface area (TPSA) is 83.8 Å². The Bertz CT molecular complexity index is 774. The molecule has 8 heteroatoms. The number of hydrogen-bond acceptors (Lipinski definition) is 5. The van der Waals surface area contributed by atoms with Crippen molar-refractivity contribution in [3.05, 3.63) is 57.5 Å². The molecule has 1 aliphatic heterocycles. The van der Waals surface area contributed by atoms with E-state index in [1.807, 2.05) is 6.07 Å². The number of thiophene rings is 1. The Labute approximate surface area is 135 Å². The molecule has 0 radical (unpaired) electrons. The Morgan fingerprint density at radius 3 is 2.57 bits per heavy atom. The van der Waals surface area contributed by atoms with Crippen molar-refractivity contribution in [1.29, 1.82) is 0 Å². The fourth-order valence-corrected chi connectivity index (χ4v) is 3.24. The van der Waals surface area contributed by atoms with Crippen molar-refractivity contribution < 1.29 is 14.5 Å². The molecule has 1 saturated heterocycles. The number of urea groups is 1. The van der Waals surface area contributed by atoms with E-state index in [1.54, 1.807) is 36.6 Å². The molecular formula is C15H13N3O4S. The molecule has 0 aliphatic carbocycles. The molecule has 0 bridgehead atoms. The van der Waals surface area contributed by atoms with Gasteiger partial charge in [0.2, 0.25) is 0 Å². The number of para-hydroxylation sites is 1. The zero-order chi connectivity index (χ0) is 16.6. The third-order valence-electron chi connectivity index (χ3n) is 3.64. The van der Waals surface area contributed by atoms with Crippen molar-refractivity contribution in [1.82, 2.24) is 4.90 Å². The SMILES string of the molecule is C[C@H]1C(=O)N(Cc2csc([N+](=O)[O-])c2)C(=O)N1c1ccccc1. The molecule has 0 saturated carbocycles. The summed E-state index contributed by atoms with van der Waals surface area (Å²) in [6.45, 7) is 1.71. The highest BCUT2D eigenvalue weighted by Gasteiger charge is 2.43. The quantitative estimate of drug-likeness (QED) is 0.490. The zero-order valence-corrected chi connectivity index (χ0v) is 13.0. The number of carbonyl (C=O) groups excluding carboxylic acids is 2. The number of amides is 3. The van der Waals surface area contributed by atoms with Crippen molar-refractivity contribution in [2.24, 2.45) is 0 Å². The minimum Gasteiger partial charge on any atom is -0.282 e. The Morgan fingerprint density at radius 1 is 1.26 bits per heavy atom. The van der Waals surface area contributed by atoms with Gasteiger partial charge in [-0.2, -0.15) is 0 Å². The van der Waals surface area contributed by atoms with Crippen LogP contribution in [0.2, 0.25) is 0 Å². The number of hydrogen-bond donors (Lipinski definition) is 0. The first-order valence-electron chi connectivity index (χ1n) is 6.90. The van der Waals surface area contributed by atoms with Crippen LogP contribution < -0.4 is 4.90 Å². The largest absolute Gasteiger partial charge is 0.332 e. The predicted molar refractivity (Wildman–Crippen MR) is 85.3 cm³/mol. The van der Waals surface area contributed by atoms with Gasteiger partial charge in [0.05, 0.1) is 11.5 Å². The molecule has 1 aliphatic rings. The number of carbonyl (C=O) groups is 2. The Morgan fingerprint density at radius 2 is 1.96 bits per heavy atom. The zero-order valence-electron chi connectivity index (χ0n) is 12.2. The molecule has 0 unspecified atom stereocenters. The van der Waals surface area contributed by atoms with Crippen LogP contribution in [0.5, 0.6) is 0 Å². The van der Waals surface area contributed by atoms with Gasteiger partial charge >= 0.3 is 11.0 Å². The first-order chi connectivity index (χ1) is 11.0. The van der Waals surface area contributed by atoms with Crippen LogP contribution >= 0.6 is 11.3 Å². The first kappa shape index (κ1) is 15.2. The number of anilines is 1. The number of nitro groups is 1. The second-order valence-corrected chi connectivity index (χ2v) is 6.03. The minimum atomic E-state index is -0.599. The lowest BCUT2D eigenvalue weighted by molar-refractivity contribution is -0.380. The van der Waals surface area contributed by atoms with E-state index in [4.69, 9.17) is 0 Å². The van der Waals surface area contributed by atoms with Crippen LogP contribution in [0.15, 0.2) is 41.8 Å². The molecule has 118 valence electrons. The number of nitrogens with zero attached hydrogens (tertiary/aromatic N) is 3. The van der Waals surface area contributed by atoms with Crippen LogP contribution in [0.1, 0.15) is 12.5 Å². The average molecular weight is 331 g/mol. The van der Waals surface area contributed by atoms with Gasteiger partial charge in [-0.3, -0.25) is 24.7 Å². The van der Waals surface area contributed by atoms with Gasteiger partial charge in [0.15, 0.2) is 0 Å². The Balaban J connectivity index is 1.84. The lowest BCUT2D eigenvalue weighted by atomic mass is 10.2. The number of rotatable bonds is 4. The van der Waals surface area contributed by atoms with E-state index in [-0.39, 0.29) is 17.5 Å². The van der Waals surface area contributed by atoms with Gasteiger partial charge in [-0.15, -0.1) is 0 Å². The summed E-state index contributed by atoms with van der Waals surface area (Å²) in [7, 11) is 0. The van der Waals surface area contributed by atoms with Gasteiger partial charge in [-0.1, -0.05) is 29.5 Å². The summed E-state index contributed by atoms with van der Waals surface area (Å²) in [5.41, 5.74) is 1.22. The van der Waals surface area contributed by atoms with Gasteiger partial charge in [0.25, 0.3) is 5.91 Å². The molecule has 3 rings (SSSR count). The average Bonchev–Trinajstić information content (AvgIpc) is 3.08. The highest BCUT2D eigenvalue weighted by atomic mass is 32.1. The standard InChI is InChI=1S/C15H13N3O4S/c1-10-14(19)16(8-11-7-13(18(21)22)23-9-11)15(20)17(10)12-5-3-2-4-6-12/h2-7,9-10H,8H2,1H3/t10-/m0/s1. The van der Waals surface area contributed by atoms with Crippen LogP contribution in [0.4, 0.5) is 15.5 Å². The van der Waals surface area contributed by atoms with E-state index in [0.717, 1.165) is 16.2 Å². The van der Waals surface area contributed by atoms with Gasteiger partial charge in [-0.25, -0.2) is 4.79 Å². The van der Waals surface area contributed by atoms with Crippen molar-refractivity contribution in [3.8, 4) is 0 Å². The highest BCUT2D eigenvalue weighted by Crippen LogP contribution is 2.29. The van der Waals surface area contributed by atoms with E-state index in [1.165, 1.54) is 11.0 Å². The maximum Gasteiger partial charge on any atom is 0.332 e. The smallest absolute Gasteiger partial charge is 0.282 e. The molecule has 0 N–H and O–H groups in total. The molecular weight excluding hydrogens is 318 g/mol. The van der Waals surface area contributed by atoms with Crippen molar-refractivity contribution in [2.45, 2.75) is 19.5 Å². The fourth-order valence-electron chi connectivity index (χ4n) is 2.52. The maximum absolute atomic E-state index is 12.6. The Hall–Kier alpha value is -2.74. The second kappa shape index (κ2) is 5.81. The van der Waals surface area contributed by atoms with E-state index >= 15 is 0 Å². The summed E-state index contributed by atoms with van der Waals surface area (Å²) in [6, 6.07) is 9.33. The van der Waals surface area contributed by atoms with Crippen LogP contribution in [-0.4, -0.2) is 27.8 Å². The molecule has 2 aromatic rings. The summed E-state index contributed by atoms with van der Waals surface area (Å²) in [6.07, 6.45) is 0. The monoisotopic (exact) mass is 331 g/mol. The minimum absolute atomic E-state index is 0.00735. The molecule has 23 heavy (non-hydrogen) atoms. The van der Waals surface area contributed by atoms with E-state index in [2.05, 4.69) is 0 Å². The van der Waals surface area contributed by atoms with Crippen LogP contribution in [0, 0.1) is 10.1 Å². The fraction of sp³-hybridized carbons (Fsp3) is 0.200. The normalized spacial score (nSPS) is 17.9. The molecule has 1 aromatic heterocycles. The number of imide groups is 1. The Kier molecular flexibility index (Phi) is 3.83.